The summed E-state index contributed by atoms with van der Waals surface area (Å²) >= 11 is 0. The molecule has 1 saturated heterocycles. The molecular formula is C13H15F2NO4S. The van der Waals surface area contributed by atoms with Gasteiger partial charge in [0, 0.05) is 18.7 Å². The molecule has 0 spiro atoms. The van der Waals surface area contributed by atoms with Gasteiger partial charge in [0.25, 0.3) is 0 Å². The first kappa shape index (κ1) is 15.8. The summed E-state index contributed by atoms with van der Waals surface area (Å²) in [6, 6.07) is 2.51. The molecule has 1 N–H and O–H groups in total. The minimum absolute atomic E-state index is 0.00526. The Labute approximate surface area is 121 Å². The summed E-state index contributed by atoms with van der Waals surface area (Å²) in [6.45, 7) is -0.389. The van der Waals surface area contributed by atoms with Gasteiger partial charge < -0.3 is 5.11 Å². The maximum atomic E-state index is 13.2. The standard InChI is InChI=1S/C13H15F2NO4S/c14-10-3-9(4-11(15)5-10)6-16(7-13(17)18)12-1-2-21(19,20)8-12/h3-5,12H,1-2,6-8H2,(H,17,18). The van der Waals surface area contributed by atoms with Gasteiger partial charge in [0.05, 0.1) is 18.1 Å². The molecular weight excluding hydrogens is 304 g/mol. The number of carboxylic acids is 1. The van der Waals surface area contributed by atoms with Crippen LogP contribution < -0.4 is 0 Å². The van der Waals surface area contributed by atoms with Crippen molar-refractivity contribution in [3.05, 3.63) is 35.4 Å². The molecule has 1 heterocycles. The van der Waals surface area contributed by atoms with E-state index in [1.807, 2.05) is 0 Å². The van der Waals surface area contributed by atoms with Crippen molar-refractivity contribution in [2.45, 2.75) is 19.0 Å². The Bertz CT molecular complexity index is 627. The zero-order valence-corrected chi connectivity index (χ0v) is 11.9. The first-order valence-corrected chi connectivity index (χ1v) is 8.18. The van der Waals surface area contributed by atoms with Gasteiger partial charge in [-0.05, 0) is 24.1 Å². The van der Waals surface area contributed by atoms with Crippen molar-refractivity contribution in [1.29, 1.82) is 0 Å². The van der Waals surface area contributed by atoms with Crippen molar-refractivity contribution in [2.24, 2.45) is 0 Å². The van der Waals surface area contributed by atoms with Gasteiger partial charge in [-0.3, -0.25) is 9.69 Å². The number of carboxylic acid groups (broad SMARTS) is 1. The average molecular weight is 319 g/mol. The molecule has 1 aliphatic heterocycles. The van der Waals surface area contributed by atoms with E-state index < -0.39 is 33.5 Å². The van der Waals surface area contributed by atoms with E-state index in [2.05, 4.69) is 0 Å². The van der Waals surface area contributed by atoms with E-state index >= 15 is 0 Å². The van der Waals surface area contributed by atoms with Crippen LogP contribution in [0.3, 0.4) is 0 Å². The molecule has 1 atom stereocenters. The molecule has 1 fully saturated rings. The van der Waals surface area contributed by atoms with Crippen LogP contribution in [0, 0.1) is 11.6 Å². The Kier molecular flexibility index (Phi) is 4.58. The predicted octanol–water partition coefficient (Wildman–Crippen LogP) is 1.04. The molecule has 0 radical (unpaired) electrons. The molecule has 21 heavy (non-hydrogen) atoms. The van der Waals surface area contributed by atoms with Gasteiger partial charge in [-0.1, -0.05) is 0 Å². The molecule has 2 rings (SSSR count). The van der Waals surface area contributed by atoms with E-state index in [9.17, 15) is 22.0 Å². The summed E-state index contributed by atoms with van der Waals surface area (Å²) in [5, 5.41) is 8.92. The van der Waals surface area contributed by atoms with Crippen molar-refractivity contribution in [3.8, 4) is 0 Å². The smallest absolute Gasteiger partial charge is 0.317 e. The van der Waals surface area contributed by atoms with E-state index in [1.54, 1.807) is 0 Å². The van der Waals surface area contributed by atoms with Gasteiger partial charge in [-0.2, -0.15) is 0 Å². The zero-order chi connectivity index (χ0) is 15.6. The van der Waals surface area contributed by atoms with Crippen LogP contribution in [-0.4, -0.2) is 48.5 Å². The van der Waals surface area contributed by atoms with Crippen molar-refractivity contribution < 1.29 is 27.1 Å². The van der Waals surface area contributed by atoms with Gasteiger partial charge in [0.1, 0.15) is 11.6 Å². The maximum Gasteiger partial charge on any atom is 0.317 e. The number of benzene rings is 1. The summed E-state index contributed by atoms with van der Waals surface area (Å²) in [5.41, 5.74) is 0.276. The fraction of sp³-hybridized carbons (Fsp3) is 0.462. The summed E-state index contributed by atoms with van der Waals surface area (Å²) in [7, 11) is -3.17. The lowest BCUT2D eigenvalue weighted by atomic mass is 10.1. The zero-order valence-electron chi connectivity index (χ0n) is 11.1. The number of nitrogens with zero attached hydrogens (tertiary/aromatic N) is 1. The van der Waals surface area contributed by atoms with Crippen LogP contribution in [0.2, 0.25) is 0 Å². The fourth-order valence-corrected chi connectivity index (χ4v) is 4.25. The molecule has 1 aromatic carbocycles. The molecule has 0 aliphatic carbocycles. The third kappa shape index (κ3) is 4.47. The number of hydrogen-bond acceptors (Lipinski definition) is 4. The molecule has 5 nitrogen and oxygen atoms in total. The van der Waals surface area contributed by atoms with E-state index in [4.69, 9.17) is 5.11 Å². The van der Waals surface area contributed by atoms with Gasteiger partial charge in [0.15, 0.2) is 9.84 Å². The summed E-state index contributed by atoms with van der Waals surface area (Å²) in [5.74, 6) is -2.74. The number of aliphatic carboxylic acids is 1. The topological polar surface area (TPSA) is 74.7 Å². The quantitative estimate of drug-likeness (QED) is 0.878. The summed E-state index contributed by atoms with van der Waals surface area (Å²) < 4.78 is 49.3. The molecule has 8 heteroatoms. The lowest BCUT2D eigenvalue weighted by Crippen LogP contribution is -2.39. The van der Waals surface area contributed by atoms with Crippen LogP contribution in [0.4, 0.5) is 8.78 Å². The third-order valence-corrected chi connectivity index (χ3v) is 5.12. The van der Waals surface area contributed by atoms with E-state index in [-0.39, 0.29) is 30.2 Å². The Morgan fingerprint density at radius 3 is 2.38 bits per heavy atom. The van der Waals surface area contributed by atoms with Crippen LogP contribution in [0.5, 0.6) is 0 Å². The lowest BCUT2D eigenvalue weighted by molar-refractivity contribution is -0.139. The van der Waals surface area contributed by atoms with E-state index in [0.29, 0.717) is 6.42 Å². The number of sulfone groups is 1. The van der Waals surface area contributed by atoms with Crippen molar-refractivity contribution in [1.82, 2.24) is 4.90 Å². The van der Waals surface area contributed by atoms with Crippen molar-refractivity contribution >= 4 is 15.8 Å². The lowest BCUT2D eigenvalue weighted by Gasteiger charge is -2.26. The molecule has 1 aromatic rings. The fourth-order valence-electron chi connectivity index (χ4n) is 2.49. The number of rotatable bonds is 5. The first-order valence-electron chi connectivity index (χ1n) is 6.36. The minimum atomic E-state index is -3.17. The monoisotopic (exact) mass is 319 g/mol. The van der Waals surface area contributed by atoms with Crippen molar-refractivity contribution in [3.63, 3.8) is 0 Å². The largest absolute Gasteiger partial charge is 0.480 e. The highest BCUT2D eigenvalue weighted by Crippen LogP contribution is 2.20. The number of halogens is 2. The van der Waals surface area contributed by atoms with Gasteiger partial charge in [-0.25, -0.2) is 17.2 Å². The second-order valence-corrected chi connectivity index (χ2v) is 7.36. The van der Waals surface area contributed by atoms with E-state index in [0.717, 1.165) is 18.2 Å². The van der Waals surface area contributed by atoms with Gasteiger partial charge >= 0.3 is 5.97 Å². The van der Waals surface area contributed by atoms with Crippen LogP contribution in [0.1, 0.15) is 12.0 Å². The van der Waals surface area contributed by atoms with Crippen molar-refractivity contribution in [2.75, 3.05) is 18.1 Å². The highest BCUT2D eigenvalue weighted by Gasteiger charge is 2.33. The highest BCUT2D eigenvalue weighted by atomic mass is 32.2. The third-order valence-electron chi connectivity index (χ3n) is 3.37. The van der Waals surface area contributed by atoms with Crippen LogP contribution >= 0.6 is 0 Å². The normalized spacial score (nSPS) is 20.8. The number of hydrogen-bond donors (Lipinski definition) is 1. The van der Waals surface area contributed by atoms with Crippen LogP contribution in [0.25, 0.3) is 0 Å². The Morgan fingerprint density at radius 1 is 1.29 bits per heavy atom. The predicted molar refractivity (Wildman–Crippen MR) is 71.5 cm³/mol. The second kappa shape index (κ2) is 6.07. The van der Waals surface area contributed by atoms with Gasteiger partial charge in [-0.15, -0.1) is 0 Å². The molecule has 0 saturated carbocycles. The maximum absolute atomic E-state index is 13.2. The molecule has 1 unspecified atom stereocenters. The summed E-state index contributed by atoms with van der Waals surface area (Å²) in [6.07, 6.45) is 0.327. The Balaban J connectivity index is 2.18. The first-order chi connectivity index (χ1) is 9.75. The van der Waals surface area contributed by atoms with Crippen LogP contribution in [0.15, 0.2) is 18.2 Å². The molecule has 0 bridgehead atoms. The molecule has 116 valence electrons. The second-order valence-electron chi connectivity index (χ2n) is 5.13. The van der Waals surface area contributed by atoms with Gasteiger partial charge in [0.2, 0.25) is 0 Å². The SMILES string of the molecule is O=C(O)CN(Cc1cc(F)cc(F)c1)C1CCS(=O)(=O)C1. The molecule has 1 aliphatic rings. The summed E-state index contributed by atoms with van der Waals surface area (Å²) in [4.78, 5) is 12.3. The average Bonchev–Trinajstić information content (AvgIpc) is 2.67. The molecule has 0 aromatic heterocycles. The van der Waals surface area contributed by atoms with Crippen LogP contribution in [-0.2, 0) is 21.2 Å². The minimum Gasteiger partial charge on any atom is -0.480 e. The molecule has 0 amide bonds. The Hall–Kier alpha value is -1.54. The van der Waals surface area contributed by atoms with E-state index in [1.165, 1.54) is 4.90 Å². The number of carbonyl (C=O) groups is 1. The Morgan fingerprint density at radius 2 is 1.90 bits per heavy atom. The highest BCUT2D eigenvalue weighted by molar-refractivity contribution is 7.91.